The number of nitrogens with zero attached hydrogens (tertiary/aromatic N) is 4. The van der Waals surface area contributed by atoms with Gasteiger partial charge in [0.1, 0.15) is 5.82 Å². The molecular weight excluding hydrogens is 1280 g/mol. The summed E-state index contributed by atoms with van der Waals surface area (Å²) in [5, 5.41) is 1.92. The number of aromatic nitrogens is 4. The Kier molecular flexibility index (Phi) is 13.4. The van der Waals surface area contributed by atoms with Gasteiger partial charge < -0.3 is 13.9 Å². The number of pyridine rings is 1. The monoisotopic (exact) mass is 1350 g/mol. The van der Waals surface area contributed by atoms with E-state index in [1.165, 1.54) is 10.6 Å². The van der Waals surface area contributed by atoms with Crippen LogP contribution in [0, 0.1) is 18.5 Å². The fourth-order valence-electron chi connectivity index (χ4n) is 13.5. The van der Waals surface area contributed by atoms with Gasteiger partial charge >= 0.3 is 23.7 Å². The molecule has 3 aliphatic carbocycles. The quantitative estimate of drug-likeness (QED) is 0.0906. The van der Waals surface area contributed by atoms with E-state index in [4.69, 9.17) is 9.72 Å². The number of fused-ring (bicyclic) bond motifs is 7. The molecule has 0 bridgehead atoms. The van der Waals surface area contributed by atoms with Gasteiger partial charge in [-0.15, -0.1) is 29.7 Å². The molecule has 14 heteroatoms. The Hall–Kier alpha value is -7.11. The van der Waals surface area contributed by atoms with Crippen LogP contribution in [-0.2, 0) is 60.0 Å². The molecule has 0 radical (unpaired) electrons. The number of halogens is 8. The molecule has 0 aliphatic heterocycles. The van der Waals surface area contributed by atoms with Crippen LogP contribution in [0.25, 0.3) is 72.3 Å². The molecule has 0 unspecified atom stereocenters. The summed E-state index contributed by atoms with van der Waals surface area (Å²) in [6.45, 7) is 22.8. The molecule has 0 spiro atoms. The van der Waals surface area contributed by atoms with Crippen LogP contribution in [-0.4, -0.2) is 26.0 Å². The second-order valence-electron chi connectivity index (χ2n) is 27.3. The molecule has 0 fully saturated rings. The zero-order valence-corrected chi connectivity index (χ0v) is 51.9. The van der Waals surface area contributed by atoms with Gasteiger partial charge in [0.15, 0.2) is 0 Å². The topological polar surface area (TPSA) is 35.9 Å². The minimum Gasteiger partial charge on any atom is -0.510 e. The van der Waals surface area contributed by atoms with E-state index in [1.54, 1.807) is 71.4 Å². The van der Waals surface area contributed by atoms with Crippen molar-refractivity contribution < 1.29 is 65.5 Å². The van der Waals surface area contributed by atoms with E-state index in [9.17, 15) is 0 Å². The van der Waals surface area contributed by atoms with Gasteiger partial charge in [-0.1, -0.05) is 161 Å². The summed E-state index contributed by atoms with van der Waals surface area (Å²) in [7, 11) is 0. The van der Waals surface area contributed by atoms with Crippen LogP contribution in [0.1, 0.15) is 141 Å². The maximum Gasteiger partial charge on any atom is 0.382 e. The Labute approximate surface area is 510 Å². The molecule has 0 saturated heterocycles. The number of hydrogen-bond acceptors (Lipinski definition) is 2. The summed E-state index contributed by atoms with van der Waals surface area (Å²) in [4.78, 5) is 4.80. The summed E-state index contributed by atoms with van der Waals surface area (Å²) >= 11 is 0. The summed E-state index contributed by atoms with van der Waals surface area (Å²) in [6, 6.07) is 45.6. The minimum absolute atomic E-state index is 0. The molecular formula is C72H64F8N4OPt-2. The van der Waals surface area contributed by atoms with Gasteiger partial charge in [0, 0.05) is 61.0 Å². The minimum atomic E-state index is -6.55. The van der Waals surface area contributed by atoms with E-state index in [0.717, 1.165) is 63.3 Å². The van der Waals surface area contributed by atoms with Crippen molar-refractivity contribution in [3.05, 3.63) is 197 Å². The van der Waals surface area contributed by atoms with Crippen molar-refractivity contribution in [2.75, 3.05) is 0 Å². The molecule has 3 aliphatic rings. The van der Waals surface area contributed by atoms with Crippen molar-refractivity contribution in [2.24, 2.45) is 0 Å². The number of alkyl halides is 8. The Morgan fingerprint density at radius 1 is 0.535 bits per heavy atom. The number of hydrogen-bond donors (Lipinski definition) is 0. The Balaban J connectivity index is 0.00000724. The average molecular weight is 1350 g/mol. The van der Waals surface area contributed by atoms with Crippen LogP contribution < -0.4 is 9.30 Å². The summed E-state index contributed by atoms with van der Waals surface area (Å²) < 4.78 is 146. The molecule has 3 heterocycles. The van der Waals surface area contributed by atoms with Gasteiger partial charge in [0.2, 0.25) is 0 Å². The molecule has 86 heavy (non-hydrogen) atoms. The SMILES string of the molecule is CC(C)(C)c1ccnc(-n2c3[c-]c(Oc4[c-]c(-n5[c-][n+](-c6c(-c7ccc8c(c7)C(C)(C)CCC8(C)C)cc7c(c6-c6ccc8c(c6)C(C)(C)CCC8(C)C)C(F)(F)C(F)(F)C(F)(F)C7(F)F)c6ccccc65)ccc4)ccc3c3ccccc32)c1.[Pt]. The molecule has 7 aromatic carbocycles. The van der Waals surface area contributed by atoms with Gasteiger partial charge in [-0.2, -0.15) is 53.3 Å². The maximum atomic E-state index is 17.5. The second kappa shape index (κ2) is 19.4. The molecule has 0 atom stereocenters. The van der Waals surface area contributed by atoms with Crippen molar-refractivity contribution in [1.29, 1.82) is 0 Å². The van der Waals surface area contributed by atoms with E-state index >= 15 is 35.1 Å². The van der Waals surface area contributed by atoms with Crippen LogP contribution in [0.4, 0.5) is 35.1 Å². The van der Waals surface area contributed by atoms with E-state index in [-0.39, 0.29) is 60.0 Å². The molecule has 0 amide bonds. The molecule has 13 rings (SSSR count). The third kappa shape index (κ3) is 8.76. The van der Waals surface area contributed by atoms with Crippen molar-refractivity contribution >= 4 is 32.8 Å². The summed E-state index contributed by atoms with van der Waals surface area (Å²) in [5.41, 5.74) is 0.381. The molecule has 5 nitrogen and oxygen atoms in total. The molecule has 10 aromatic rings. The van der Waals surface area contributed by atoms with E-state index < -0.39 is 56.6 Å². The average Bonchev–Trinajstić information content (AvgIpc) is 0.742. The number of rotatable bonds is 7. The first-order valence-corrected chi connectivity index (χ1v) is 28.9. The first-order valence-electron chi connectivity index (χ1n) is 28.9. The second-order valence-corrected chi connectivity index (χ2v) is 27.3. The maximum absolute atomic E-state index is 17.5. The van der Waals surface area contributed by atoms with Crippen LogP contribution in [0.15, 0.2) is 140 Å². The number of ether oxygens (including phenoxy) is 1. The van der Waals surface area contributed by atoms with Crippen LogP contribution in [0.5, 0.6) is 11.5 Å². The fourth-order valence-corrected chi connectivity index (χ4v) is 13.5. The predicted molar refractivity (Wildman–Crippen MR) is 318 cm³/mol. The van der Waals surface area contributed by atoms with Crippen molar-refractivity contribution in [2.45, 2.75) is 153 Å². The third-order valence-electron chi connectivity index (χ3n) is 18.8. The number of imidazole rings is 1. The summed E-state index contributed by atoms with van der Waals surface area (Å²) in [6.07, 6.45) is 8.12. The Morgan fingerprint density at radius 3 is 1.76 bits per heavy atom. The van der Waals surface area contributed by atoms with Crippen molar-refractivity contribution in [3.8, 4) is 50.9 Å². The molecule has 0 N–H and O–H groups in total. The Morgan fingerprint density at radius 2 is 1.10 bits per heavy atom. The van der Waals surface area contributed by atoms with Gasteiger partial charge in [0.05, 0.1) is 16.7 Å². The molecule has 446 valence electrons. The zero-order chi connectivity index (χ0) is 60.6. The van der Waals surface area contributed by atoms with Crippen molar-refractivity contribution in [1.82, 2.24) is 14.1 Å². The van der Waals surface area contributed by atoms with Gasteiger partial charge in [-0.3, -0.25) is 4.57 Å². The van der Waals surface area contributed by atoms with Crippen LogP contribution >= 0.6 is 0 Å². The largest absolute Gasteiger partial charge is 0.510 e. The normalized spacial score (nSPS) is 19.1. The Bertz CT molecular complexity index is 4430. The van der Waals surface area contributed by atoms with E-state index in [2.05, 4.69) is 77.6 Å². The summed E-state index contributed by atoms with van der Waals surface area (Å²) in [5.74, 6) is -23.4. The zero-order valence-electron chi connectivity index (χ0n) is 49.6. The van der Waals surface area contributed by atoms with E-state index in [1.807, 2.05) is 82.3 Å². The van der Waals surface area contributed by atoms with Gasteiger partial charge in [0.25, 0.3) is 6.33 Å². The number of benzene rings is 7. The third-order valence-corrected chi connectivity index (χ3v) is 18.8. The van der Waals surface area contributed by atoms with Crippen molar-refractivity contribution in [3.63, 3.8) is 0 Å². The van der Waals surface area contributed by atoms with Gasteiger partial charge in [-0.25, -0.2) is 4.98 Å². The fraction of sp³-hybridized carbons (Fsp3) is 0.333. The first-order chi connectivity index (χ1) is 39.8. The molecule has 0 saturated carbocycles. The molecule has 3 aromatic heterocycles. The van der Waals surface area contributed by atoms with Gasteiger partial charge in [-0.05, 0) is 133 Å². The standard InChI is InChI=1S/C72H64F8N4O.Pt/c1-64(2,3)44-29-34-81-60(37-44)84-56-20-13-12-19-48(56)49-26-25-47(39-59(49)84)85-46-18-16-17-45(38-46)82-41-83(58-22-15-14-21-57(58)82)63-50(42-23-27-51-53(35-42)67(8,9)32-30-65(51,4)5)40-55-62(70(75,76)72(79,80)71(77,78)69(55,73)74)61(63)43-24-28-52-54(36-43)68(10,11)33-31-66(52,6)7;/h12-29,34-37,40H,30-33H2,1-11H3;/q-2;. The van der Waals surface area contributed by atoms with E-state index in [0.29, 0.717) is 46.3 Å². The first kappa shape index (κ1) is 59.2. The van der Waals surface area contributed by atoms with Crippen LogP contribution in [0.3, 0.4) is 0 Å². The smallest absolute Gasteiger partial charge is 0.382 e. The number of para-hydroxylation sites is 3. The van der Waals surface area contributed by atoms with Crippen LogP contribution in [0.2, 0.25) is 0 Å². The predicted octanol–water partition coefficient (Wildman–Crippen LogP) is 19.4.